The number of benzene rings is 2. The van der Waals surface area contributed by atoms with Crippen LogP contribution >= 0.6 is 0 Å². The number of hydrogen-bond acceptors (Lipinski definition) is 3. The van der Waals surface area contributed by atoms with Crippen LogP contribution in [-0.2, 0) is 4.79 Å². The predicted octanol–water partition coefficient (Wildman–Crippen LogP) is 5.40. The van der Waals surface area contributed by atoms with Crippen molar-refractivity contribution in [3.63, 3.8) is 0 Å². The standard InChI is InChI=1S/C20H15F3O3/c1-25-17-10-4-14(5-11-17)2-8-16(24)9-3-15-6-12-18(13-7-15)26-20(23)19(21)22/h2-13H,1H3/b8-2+,9-3+. The van der Waals surface area contributed by atoms with Crippen LogP contribution in [0.15, 0.2) is 72.8 Å². The van der Waals surface area contributed by atoms with E-state index in [1.165, 1.54) is 36.4 Å². The van der Waals surface area contributed by atoms with E-state index in [1.54, 1.807) is 31.4 Å². The lowest BCUT2D eigenvalue weighted by molar-refractivity contribution is -0.110. The zero-order chi connectivity index (χ0) is 18.9. The first-order chi connectivity index (χ1) is 12.5. The van der Waals surface area contributed by atoms with Gasteiger partial charge in [-0.15, -0.1) is 0 Å². The molecule has 2 aromatic rings. The van der Waals surface area contributed by atoms with Crippen LogP contribution in [-0.4, -0.2) is 12.9 Å². The molecule has 2 aromatic carbocycles. The molecule has 26 heavy (non-hydrogen) atoms. The third-order valence-corrected chi connectivity index (χ3v) is 3.23. The summed E-state index contributed by atoms with van der Waals surface area (Å²) in [5.74, 6) is 0.429. The van der Waals surface area contributed by atoms with E-state index < -0.39 is 12.1 Å². The molecule has 0 fully saturated rings. The molecule has 2 rings (SSSR count). The summed E-state index contributed by atoms with van der Waals surface area (Å²) in [6.45, 7) is 0. The van der Waals surface area contributed by atoms with Gasteiger partial charge in [0.25, 0.3) is 0 Å². The van der Waals surface area contributed by atoms with Gasteiger partial charge in [-0.05, 0) is 47.5 Å². The molecule has 0 unspecified atom stereocenters. The molecule has 0 bridgehead atoms. The molecule has 0 N–H and O–H groups in total. The number of carbonyl (C=O) groups excluding carboxylic acids is 1. The Morgan fingerprint density at radius 2 is 1.27 bits per heavy atom. The van der Waals surface area contributed by atoms with E-state index in [0.717, 1.165) is 11.3 Å². The fourth-order valence-corrected chi connectivity index (χ4v) is 1.92. The average Bonchev–Trinajstić information content (AvgIpc) is 2.66. The van der Waals surface area contributed by atoms with Crippen LogP contribution in [0.3, 0.4) is 0 Å². The third-order valence-electron chi connectivity index (χ3n) is 3.23. The monoisotopic (exact) mass is 360 g/mol. The zero-order valence-corrected chi connectivity index (χ0v) is 13.8. The minimum absolute atomic E-state index is 0.0711. The highest BCUT2D eigenvalue weighted by Crippen LogP contribution is 2.19. The number of ether oxygens (including phenoxy) is 2. The number of hydrogen-bond donors (Lipinski definition) is 0. The molecule has 3 nitrogen and oxygen atoms in total. The van der Waals surface area contributed by atoms with Crippen LogP contribution in [0.5, 0.6) is 11.5 Å². The Kier molecular flexibility index (Phi) is 6.79. The number of carbonyl (C=O) groups is 1. The lowest BCUT2D eigenvalue weighted by Gasteiger charge is -2.01. The molecule has 0 aliphatic heterocycles. The Balaban J connectivity index is 1.94. The molecule has 0 saturated heterocycles. The van der Waals surface area contributed by atoms with E-state index in [-0.39, 0.29) is 11.5 Å². The van der Waals surface area contributed by atoms with Crippen molar-refractivity contribution in [3.05, 3.63) is 83.9 Å². The van der Waals surface area contributed by atoms with Gasteiger partial charge in [-0.3, -0.25) is 4.79 Å². The molecule has 134 valence electrons. The molecule has 0 radical (unpaired) electrons. The lowest BCUT2D eigenvalue weighted by atomic mass is 10.1. The van der Waals surface area contributed by atoms with Gasteiger partial charge in [0.05, 0.1) is 7.11 Å². The summed E-state index contributed by atoms with van der Waals surface area (Å²) < 4.78 is 45.9. The van der Waals surface area contributed by atoms with E-state index in [2.05, 4.69) is 4.74 Å². The molecule has 0 aliphatic carbocycles. The van der Waals surface area contributed by atoms with Crippen molar-refractivity contribution in [2.75, 3.05) is 7.11 Å². The van der Waals surface area contributed by atoms with Gasteiger partial charge in [-0.1, -0.05) is 36.4 Å². The number of halogens is 3. The van der Waals surface area contributed by atoms with Gasteiger partial charge < -0.3 is 9.47 Å². The molecular formula is C20H15F3O3. The van der Waals surface area contributed by atoms with Gasteiger partial charge in [0.1, 0.15) is 11.5 Å². The van der Waals surface area contributed by atoms with E-state index in [0.29, 0.717) is 5.56 Å². The largest absolute Gasteiger partial charge is 0.497 e. The molecule has 0 atom stereocenters. The molecule has 0 saturated carbocycles. The Morgan fingerprint density at radius 3 is 1.69 bits per heavy atom. The van der Waals surface area contributed by atoms with E-state index in [9.17, 15) is 18.0 Å². The summed E-state index contributed by atoms with van der Waals surface area (Å²) in [6, 6.07) is 10.9. The van der Waals surface area contributed by atoms with Crippen LogP contribution in [0.25, 0.3) is 12.2 Å². The SMILES string of the molecule is COc1ccc(/C=C/C(=O)/C=C/c2ccc(OC(F)=C(F)F)cc2)cc1. The van der Waals surface area contributed by atoms with Crippen molar-refractivity contribution < 1.29 is 27.4 Å². The minimum Gasteiger partial charge on any atom is -0.497 e. The van der Waals surface area contributed by atoms with Crippen molar-refractivity contribution in [1.82, 2.24) is 0 Å². The molecule has 0 aromatic heterocycles. The Morgan fingerprint density at radius 1 is 0.808 bits per heavy atom. The van der Waals surface area contributed by atoms with Crippen molar-refractivity contribution in [2.45, 2.75) is 0 Å². The molecule has 6 heteroatoms. The van der Waals surface area contributed by atoms with Gasteiger partial charge in [-0.25, -0.2) is 0 Å². The average molecular weight is 360 g/mol. The van der Waals surface area contributed by atoms with Crippen LogP contribution in [0.2, 0.25) is 0 Å². The number of allylic oxidation sites excluding steroid dienone is 2. The second-order valence-corrected chi connectivity index (χ2v) is 5.05. The fraction of sp³-hybridized carbons (Fsp3) is 0.0500. The number of rotatable bonds is 7. The summed E-state index contributed by atoms with van der Waals surface area (Å²) >= 11 is 0. The van der Waals surface area contributed by atoms with Crippen molar-refractivity contribution in [1.29, 1.82) is 0 Å². The van der Waals surface area contributed by atoms with Gasteiger partial charge in [0, 0.05) is 0 Å². The highest BCUT2D eigenvalue weighted by atomic mass is 19.3. The fourth-order valence-electron chi connectivity index (χ4n) is 1.92. The Bertz CT molecular complexity index is 832. The van der Waals surface area contributed by atoms with Crippen LogP contribution in [0.1, 0.15) is 11.1 Å². The summed E-state index contributed by atoms with van der Waals surface area (Å²) in [4.78, 5) is 11.8. The van der Waals surface area contributed by atoms with Gasteiger partial charge in [-0.2, -0.15) is 13.2 Å². The van der Waals surface area contributed by atoms with E-state index in [1.807, 2.05) is 12.1 Å². The topological polar surface area (TPSA) is 35.5 Å². The van der Waals surface area contributed by atoms with Gasteiger partial charge in [0.2, 0.25) is 0 Å². The molecule has 0 spiro atoms. The van der Waals surface area contributed by atoms with Crippen LogP contribution in [0.4, 0.5) is 13.2 Å². The maximum Gasteiger partial charge on any atom is 0.344 e. The number of ketones is 1. The molecule has 0 heterocycles. The van der Waals surface area contributed by atoms with Crippen LogP contribution in [0, 0.1) is 0 Å². The minimum atomic E-state index is -2.52. The molecule has 0 aliphatic rings. The second kappa shape index (κ2) is 9.27. The quantitative estimate of drug-likeness (QED) is 0.490. The van der Waals surface area contributed by atoms with Crippen LogP contribution < -0.4 is 9.47 Å². The highest BCUT2D eigenvalue weighted by Gasteiger charge is 2.07. The molecular weight excluding hydrogens is 345 g/mol. The highest BCUT2D eigenvalue weighted by molar-refractivity contribution is 6.04. The first-order valence-electron chi connectivity index (χ1n) is 7.51. The first-order valence-corrected chi connectivity index (χ1v) is 7.51. The van der Waals surface area contributed by atoms with Gasteiger partial charge in [0.15, 0.2) is 5.78 Å². The lowest BCUT2D eigenvalue weighted by Crippen LogP contribution is -1.90. The van der Waals surface area contributed by atoms with Crippen molar-refractivity contribution in [2.24, 2.45) is 0 Å². The third kappa shape index (κ3) is 5.98. The normalized spacial score (nSPS) is 10.9. The van der Waals surface area contributed by atoms with E-state index in [4.69, 9.17) is 4.74 Å². The maximum absolute atomic E-state index is 12.7. The number of methoxy groups -OCH3 is 1. The predicted molar refractivity (Wildman–Crippen MR) is 93.5 cm³/mol. The van der Waals surface area contributed by atoms with Gasteiger partial charge >= 0.3 is 12.1 Å². The van der Waals surface area contributed by atoms with E-state index >= 15 is 0 Å². The zero-order valence-electron chi connectivity index (χ0n) is 13.8. The van der Waals surface area contributed by atoms with Crippen molar-refractivity contribution >= 4 is 17.9 Å². The summed E-state index contributed by atoms with van der Waals surface area (Å²) in [5.41, 5.74) is 1.48. The summed E-state index contributed by atoms with van der Waals surface area (Å²) in [6.07, 6.45) is 3.47. The first kappa shape index (κ1) is 19.1. The van der Waals surface area contributed by atoms with Crippen molar-refractivity contribution in [3.8, 4) is 11.5 Å². The second-order valence-electron chi connectivity index (χ2n) is 5.05. The maximum atomic E-state index is 12.7. The Labute approximate surface area is 148 Å². The summed E-state index contributed by atoms with van der Waals surface area (Å²) in [7, 11) is 1.57. The smallest absolute Gasteiger partial charge is 0.344 e. The summed E-state index contributed by atoms with van der Waals surface area (Å²) in [5, 5.41) is 0. The molecule has 0 amide bonds. The Hall–Kier alpha value is -3.28.